The Bertz CT molecular complexity index is 1200. The van der Waals surface area contributed by atoms with Crippen LogP contribution in [0.2, 0.25) is 0 Å². The van der Waals surface area contributed by atoms with Crippen molar-refractivity contribution in [2.75, 3.05) is 19.8 Å². The zero-order valence-electron chi connectivity index (χ0n) is 21.2. The van der Waals surface area contributed by atoms with Crippen LogP contribution in [0.4, 0.5) is 0 Å². The summed E-state index contributed by atoms with van der Waals surface area (Å²) in [4.78, 5) is 35.8. The van der Waals surface area contributed by atoms with E-state index in [0.717, 1.165) is 25.3 Å². The van der Waals surface area contributed by atoms with Crippen LogP contribution < -0.4 is 18.9 Å². The lowest BCUT2D eigenvalue weighted by Gasteiger charge is -2.09. The Morgan fingerprint density at radius 3 is 1.55 bits per heavy atom. The van der Waals surface area contributed by atoms with Crippen LogP contribution in [-0.4, -0.2) is 37.7 Å². The highest BCUT2D eigenvalue weighted by molar-refractivity contribution is 5.92. The van der Waals surface area contributed by atoms with E-state index in [1.54, 1.807) is 72.8 Å². The van der Waals surface area contributed by atoms with E-state index in [1.165, 1.54) is 0 Å². The molecule has 0 amide bonds. The molecule has 0 aromatic heterocycles. The van der Waals surface area contributed by atoms with Gasteiger partial charge in [0.2, 0.25) is 0 Å². The summed E-state index contributed by atoms with van der Waals surface area (Å²) in [7, 11) is 0. The molecule has 0 aliphatic carbocycles. The molecule has 0 atom stereocenters. The molecule has 0 radical (unpaired) electrons. The van der Waals surface area contributed by atoms with Gasteiger partial charge in [0.15, 0.2) is 0 Å². The SMILES string of the molecule is C=CC(=O)OCCCCCOc1ccc(C(=O)Oc2ccc(OC(=O)c3ccc(OCC)cc3)cc2)cc1. The molecule has 3 aromatic rings. The number of hydrogen-bond acceptors (Lipinski definition) is 8. The van der Waals surface area contributed by atoms with Gasteiger partial charge in [-0.15, -0.1) is 0 Å². The second-order valence-electron chi connectivity index (χ2n) is 8.01. The summed E-state index contributed by atoms with van der Waals surface area (Å²) in [6.45, 7) is 6.64. The minimum absolute atomic E-state index is 0.315. The van der Waals surface area contributed by atoms with Gasteiger partial charge in [-0.25, -0.2) is 14.4 Å². The number of hydrogen-bond donors (Lipinski definition) is 0. The van der Waals surface area contributed by atoms with Crippen molar-refractivity contribution in [3.05, 3.63) is 96.6 Å². The summed E-state index contributed by atoms with van der Waals surface area (Å²) in [5, 5.41) is 0. The quantitative estimate of drug-likeness (QED) is 0.114. The van der Waals surface area contributed by atoms with E-state index < -0.39 is 17.9 Å². The van der Waals surface area contributed by atoms with Crippen LogP contribution in [0, 0.1) is 0 Å². The van der Waals surface area contributed by atoms with Crippen molar-refractivity contribution in [1.82, 2.24) is 0 Å². The standard InChI is InChI=1S/C30H30O8/c1-3-28(31)36-21-7-5-6-20-35-25-14-10-23(11-15-25)30(33)38-27-18-16-26(17-19-27)37-29(32)22-8-12-24(13-9-22)34-4-2/h3,8-19H,1,4-7,20-21H2,2H3. The largest absolute Gasteiger partial charge is 0.494 e. The van der Waals surface area contributed by atoms with E-state index in [9.17, 15) is 14.4 Å². The topological polar surface area (TPSA) is 97.4 Å². The predicted octanol–water partition coefficient (Wildman–Crippen LogP) is 5.80. The van der Waals surface area contributed by atoms with Crippen molar-refractivity contribution >= 4 is 17.9 Å². The molecule has 0 aliphatic rings. The van der Waals surface area contributed by atoms with Crippen LogP contribution in [0.25, 0.3) is 0 Å². The normalized spacial score (nSPS) is 10.2. The fourth-order valence-corrected chi connectivity index (χ4v) is 3.25. The summed E-state index contributed by atoms with van der Waals surface area (Å²) in [5.41, 5.74) is 0.760. The summed E-state index contributed by atoms with van der Waals surface area (Å²) in [6, 6.07) is 19.5. The van der Waals surface area contributed by atoms with Crippen LogP contribution in [0.15, 0.2) is 85.5 Å². The van der Waals surface area contributed by atoms with Gasteiger partial charge in [0, 0.05) is 6.08 Å². The molecule has 0 spiro atoms. The number of benzene rings is 3. The van der Waals surface area contributed by atoms with Gasteiger partial charge in [-0.1, -0.05) is 6.58 Å². The molecule has 198 valence electrons. The maximum atomic E-state index is 12.5. The van der Waals surface area contributed by atoms with E-state index in [0.29, 0.717) is 53.9 Å². The Morgan fingerprint density at radius 2 is 1.08 bits per heavy atom. The second-order valence-corrected chi connectivity index (χ2v) is 8.01. The van der Waals surface area contributed by atoms with Gasteiger partial charge in [0.1, 0.15) is 23.0 Å². The van der Waals surface area contributed by atoms with Crippen LogP contribution in [-0.2, 0) is 9.53 Å². The van der Waals surface area contributed by atoms with E-state index in [-0.39, 0.29) is 0 Å². The van der Waals surface area contributed by atoms with Crippen molar-refractivity contribution in [3.8, 4) is 23.0 Å². The molecular weight excluding hydrogens is 488 g/mol. The van der Waals surface area contributed by atoms with Gasteiger partial charge < -0.3 is 23.7 Å². The summed E-state index contributed by atoms with van der Waals surface area (Å²) in [5.74, 6) is 0.503. The fraction of sp³-hybridized carbons (Fsp3) is 0.233. The van der Waals surface area contributed by atoms with Crippen molar-refractivity contribution in [1.29, 1.82) is 0 Å². The molecule has 8 heteroatoms. The molecule has 0 aliphatic heterocycles. The lowest BCUT2D eigenvalue weighted by molar-refractivity contribution is -0.137. The van der Waals surface area contributed by atoms with Gasteiger partial charge >= 0.3 is 17.9 Å². The van der Waals surface area contributed by atoms with E-state index in [4.69, 9.17) is 23.7 Å². The zero-order chi connectivity index (χ0) is 27.2. The van der Waals surface area contributed by atoms with Gasteiger partial charge in [0.25, 0.3) is 0 Å². The molecule has 3 rings (SSSR count). The van der Waals surface area contributed by atoms with E-state index in [1.807, 2.05) is 6.92 Å². The first kappa shape index (κ1) is 28.0. The van der Waals surface area contributed by atoms with Crippen LogP contribution >= 0.6 is 0 Å². The first-order valence-corrected chi connectivity index (χ1v) is 12.3. The minimum atomic E-state index is -0.523. The highest BCUT2D eigenvalue weighted by atomic mass is 16.5. The number of esters is 3. The molecule has 0 saturated heterocycles. The second kappa shape index (κ2) is 14.8. The number of unbranched alkanes of at least 4 members (excludes halogenated alkanes) is 2. The maximum absolute atomic E-state index is 12.5. The van der Waals surface area contributed by atoms with Crippen molar-refractivity contribution in [2.45, 2.75) is 26.2 Å². The average Bonchev–Trinajstić information content (AvgIpc) is 2.94. The third-order valence-corrected chi connectivity index (χ3v) is 5.20. The van der Waals surface area contributed by atoms with Crippen LogP contribution in [0.1, 0.15) is 46.9 Å². The third kappa shape index (κ3) is 9.13. The Balaban J connectivity index is 1.40. The van der Waals surface area contributed by atoms with Crippen LogP contribution in [0.5, 0.6) is 23.0 Å². The molecule has 0 fully saturated rings. The molecule has 0 saturated carbocycles. The Kier molecular flexibility index (Phi) is 10.9. The molecule has 0 heterocycles. The van der Waals surface area contributed by atoms with E-state index in [2.05, 4.69) is 6.58 Å². The summed E-state index contributed by atoms with van der Waals surface area (Å²) < 4.78 is 26.7. The minimum Gasteiger partial charge on any atom is -0.494 e. The number of ether oxygens (including phenoxy) is 5. The predicted molar refractivity (Wildman–Crippen MR) is 141 cm³/mol. The summed E-state index contributed by atoms with van der Waals surface area (Å²) >= 11 is 0. The molecule has 0 bridgehead atoms. The van der Waals surface area contributed by atoms with Gasteiger partial charge in [0.05, 0.1) is 30.9 Å². The van der Waals surface area contributed by atoms with Gasteiger partial charge in [-0.2, -0.15) is 0 Å². The van der Waals surface area contributed by atoms with Crippen LogP contribution in [0.3, 0.4) is 0 Å². The van der Waals surface area contributed by atoms with Gasteiger partial charge in [-0.05, 0) is 99.0 Å². The average molecular weight is 519 g/mol. The maximum Gasteiger partial charge on any atom is 0.343 e. The van der Waals surface area contributed by atoms with Crippen molar-refractivity contribution in [2.24, 2.45) is 0 Å². The first-order valence-electron chi connectivity index (χ1n) is 12.3. The third-order valence-electron chi connectivity index (χ3n) is 5.20. The molecule has 0 N–H and O–H groups in total. The smallest absolute Gasteiger partial charge is 0.343 e. The molecule has 3 aromatic carbocycles. The Morgan fingerprint density at radius 1 is 0.632 bits per heavy atom. The van der Waals surface area contributed by atoms with Crippen molar-refractivity contribution in [3.63, 3.8) is 0 Å². The highest BCUT2D eigenvalue weighted by Gasteiger charge is 2.11. The fourth-order valence-electron chi connectivity index (χ4n) is 3.25. The lowest BCUT2D eigenvalue weighted by Crippen LogP contribution is -2.09. The molecule has 8 nitrogen and oxygen atoms in total. The highest BCUT2D eigenvalue weighted by Crippen LogP contribution is 2.21. The number of carbonyl (C=O) groups is 3. The first-order chi connectivity index (χ1) is 18.5. The summed E-state index contributed by atoms with van der Waals surface area (Å²) in [6.07, 6.45) is 3.55. The monoisotopic (exact) mass is 518 g/mol. The van der Waals surface area contributed by atoms with Gasteiger partial charge in [-0.3, -0.25) is 0 Å². The molecular formula is C30H30O8. The Labute approximate surface area is 221 Å². The Hall–Kier alpha value is -4.59. The zero-order valence-corrected chi connectivity index (χ0v) is 21.2. The van der Waals surface area contributed by atoms with Crippen molar-refractivity contribution < 1.29 is 38.1 Å². The number of carbonyl (C=O) groups excluding carboxylic acids is 3. The lowest BCUT2D eigenvalue weighted by atomic mass is 10.2. The van der Waals surface area contributed by atoms with E-state index >= 15 is 0 Å². The molecule has 0 unspecified atom stereocenters. The molecule has 38 heavy (non-hydrogen) atoms. The number of rotatable bonds is 14.